The van der Waals surface area contributed by atoms with Crippen LogP contribution >= 0.6 is 11.6 Å². The zero-order chi connectivity index (χ0) is 13.0. The van der Waals surface area contributed by atoms with E-state index in [-0.39, 0.29) is 23.0 Å². The van der Waals surface area contributed by atoms with Crippen molar-refractivity contribution in [2.75, 3.05) is 25.1 Å². The summed E-state index contributed by atoms with van der Waals surface area (Å²) in [6, 6.07) is 2.01. The first-order valence-corrected chi connectivity index (χ1v) is 5.30. The van der Waals surface area contributed by atoms with Crippen molar-refractivity contribution in [3.8, 4) is 0 Å². The van der Waals surface area contributed by atoms with Crippen LogP contribution in [0.2, 0.25) is 5.02 Å². The number of nitrogens with zero attached hydrogens (tertiary/aromatic N) is 2. The molecule has 0 aliphatic heterocycles. The van der Waals surface area contributed by atoms with Gasteiger partial charge in [0.1, 0.15) is 11.5 Å². The summed E-state index contributed by atoms with van der Waals surface area (Å²) in [4.78, 5) is 11.7. The quantitative estimate of drug-likeness (QED) is 0.653. The molecule has 17 heavy (non-hydrogen) atoms. The molecular weight excluding hydrogens is 251 g/mol. The lowest BCUT2D eigenvalue weighted by Crippen LogP contribution is -2.20. The van der Waals surface area contributed by atoms with Gasteiger partial charge in [0.2, 0.25) is 0 Å². The van der Waals surface area contributed by atoms with Gasteiger partial charge in [-0.15, -0.1) is 0 Å². The summed E-state index contributed by atoms with van der Waals surface area (Å²) in [5.74, 6) is -0.705. The summed E-state index contributed by atoms with van der Waals surface area (Å²) in [6.07, 6.45) is 0.442. The predicted molar refractivity (Wildman–Crippen MR) is 63.0 cm³/mol. The summed E-state index contributed by atoms with van der Waals surface area (Å²) in [5, 5.41) is 19.2. The fraction of sp³-hybridized carbons (Fsp3) is 0.400. The molecule has 1 N–H and O–H groups in total. The first kappa shape index (κ1) is 13.7. The molecule has 0 saturated heterocycles. The third-order valence-corrected chi connectivity index (χ3v) is 2.57. The molecule has 0 heterocycles. The fourth-order valence-corrected chi connectivity index (χ4v) is 1.56. The molecule has 0 bridgehead atoms. The summed E-state index contributed by atoms with van der Waals surface area (Å²) in [7, 11) is 1.59. The molecule has 0 radical (unpaired) electrons. The predicted octanol–water partition coefficient (Wildman–Crippen LogP) is 2.21. The van der Waals surface area contributed by atoms with E-state index in [1.165, 1.54) is 4.90 Å². The number of benzene rings is 1. The zero-order valence-electron chi connectivity index (χ0n) is 9.19. The fourth-order valence-electron chi connectivity index (χ4n) is 1.41. The first-order valence-electron chi connectivity index (χ1n) is 4.92. The Hall–Kier alpha value is -1.40. The summed E-state index contributed by atoms with van der Waals surface area (Å²) in [5.41, 5.74) is -0.109. The molecule has 94 valence electrons. The van der Waals surface area contributed by atoms with E-state index in [4.69, 9.17) is 16.7 Å². The van der Waals surface area contributed by atoms with Gasteiger partial charge in [-0.3, -0.25) is 10.1 Å². The average molecular weight is 263 g/mol. The van der Waals surface area contributed by atoms with Crippen molar-refractivity contribution >= 4 is 23.0 Å². The Kier molecular flexibility index (Phi) is 4.65. The van der Waals surface area contributed by atoms with Gasteiger partial charge in [0.25, 0.3) is 5.69 Å². The van der Waals surface area contributed by atoms with Crippen LogP contribution in [-0.4, -0.2) is 30.2 Å². The van der Waals surface area contributed by atoms with Crippen LogP contribution in [-0.2, 0) is 0 Å². The zero-order valence-corrected chi connectivity index (χ0v) is 9.95. The van der Waals surface area contributed by atoms with Crippen LogP contribution in [0.5, 0.6) is 0 Å². The Labute approximate surface area is 103 Å². The van der Waals surface area contributed by atoms with Crippen LogP contribution in [0.4, 0.5) is 15.8 Å². The topological polar surface area (TPSA) is 66.6 Å². The van der Waals surface area contributed by atoms with E-state index in [1.807, 2.05) is 0 Å². The Morgan fingerprint density at radius 1 is 1.59 bits per heavy atom. The monoisotopic (exact) mass is 262 g/mol. The normalized spacial score (nSPS) is 10.4. The summed E-state index contributed by atoms with van der Waals surface area (Å²) < 4.78 is 13.3. The van der Waals surface area contributed by atoms with Crippen molar-refractivity contribution in [3.63, 3.8) is 0 Å². The molecule has 5 nitrogen and oxygen atoms in total. The molecule has 1 aromatic rings. The second-order valence-corrected chi connectivity index (χ2v) is 3.92. The molecule has 0 unspecified atom stereocenters. The van der Waals surface area contributed by atoms with Gasteiger partial charge in [0, 0.05) is 32.3 Å². The molecular formula is C10H12ClFN2O3. The smallest absolute Gasteiger partial charge is 0.294 e. The van der Waals surface area contributed by atoms with Crippen molar-refractivity contribution in [1.82, 2.24) is 0 Å². The van der Waals surface area contributed by atoms with Crippen LogP contribution in [0.3, 0.4) is 0 Å². The molecule has 7 heteroatoms. The van der Waals surface area contributed by atoms with Crippen molar-refractivity contribution in [1.29, 1.82) is 0 Å². The van der Waals surface area contributed by atoms with Crippen molar-refractivity contribution in [2.24, 2.45) is 0 Å². The van der Waals surface area contributed by atoms with Crippen LogP contribution in [0.1, 0.15) is 6.42 Å². The van der Waals surface area contributed by atoms with E-state index in [0.29, 0.717) is 13.0 Å². The van der Waals surface area contributed by atoms with Crippen molar-refractivity contribution in [2.45, 2.75) is 6.42 Å². The third kappa shape index (κ3) is 3.28. The highest BCUT2D eigenvalue weighted by atomic mass is 35.5. The standard InChI is InChI=1S/C10H12ClFN2O3/c1-13(3-2-4-15)9-6-8(12)7(11)5-10(9)14(16)17/h5-6,15H,2-4H2,1H3. The van der Waals surface area contributed by atoms with Gasteiger partial charge in [-0.25, -0.2) is 4.39 Å². The number of rotatable bonds is 5. The first-order chi connectivity index (χ1) is 7.97. The van der Waals surface area contributed by atoms with Gasteiger partial charge in [0.15, 0.2) is 0 Å². The van der Waals surface area contributed by atoms with Crippen LogP contribution < -0.4 is 4.90 Å². The van der Waals surface area contributed by atoms with E-state index < -0.39 is 10.7 Å². The lowest BCUT2D eigenvalue weighted by molar-refractivity contribution is -0.384. The van der Waals surface area contributed by atoms with Gasteiger partial charge >= 0.3 is 0 Å². The van der Waals surface area contributed by atoms with Crippen molar-refractivity contribution < 1.29 is 14.4 Å². The van der Waals surface area contributed by atoms with Crippen LogP contribution in [0.25, 0.3) is 0 Å². The molecule has 0 spiro atoms. The maximum absolute atomic E-state index is 13.3. The van der Waals surface area contributed by atoms with Gasteiger partial charge in [-0.05, 0) is 6.42 Å². The molecule has 0 aromatic heterocycles. The van der Waals surface area contributed by atoms with E-state index in [0.717, 1.165) is 12.1 Å². The van der Waals surface area contributed by atoms with Crippen LogP contribution in [0, 0.1) is 15.9 Å². The lowest BCUT2D eigenvalue weighted by atomic mass is 10.2. The number of hydrogen-bond acceptors (Lipinski definition) is 4. The number of hydrogen-bond donors (Lipinski definition) is 1. The van der Waals surface area contributed by atoms with Gasteiger partial charge in [-0.2, -0.15) is 0 Å². The number of aliphatic hydroxyl groups excluding tert-OH is 1. The molecule has 0 saturated carbocycles. The maximum Gasteiger partial charge on any atom is 0.294 e. The number of nitro groups is 1. The van der Waals surface area contributed by atoms with E-state index in [1.54, 1.807) is 7.05 Å². The number of aliphatic hydroxyl groups is 1. The Morgan fingerprint density at radius 2 is 2.24 bits per heavy atom. The highest BCUT2D eigenvalue weighted by Crippen LogP contribution is 2.32. The third-order valence-electron chi connectivity index (χ3n) is 2.28. The molecule has 1 aromatic carbocycles. The summed E-state index contributed by atoms with van der Waals surface area (Å²) in [6.45, 7) is 0.354. The highest BCUT2D eigenvalue weighted by molar-refractivity contribution is 6.31. The van der Waals surface area contributed by atoms with Crippen molar-refractivity contribution in [3.05, 3.63) is 33.1 Å². The molecule has 0 atom stereocenters. The number of nitro benzene ring substituents is 1. The maximum atomic E-state index is 13.3. The Balaban J connectivity index is 3.11. The van der Waals surface area contributed by atoms with E-state index in [2.05, 4.69) is 0 Å². The van der Waals surface area contributed by atoms with Crippen LogP contribution in [0.15, 0.2) is 12.1 Å². The largest absolute Gasteiger partial charge is 0.396 e. The minimum atomic E-state index is -0.705. The second kappa shape index (κ2) is 5.79. The molecule has 0 aliphatic carbocycles. The minimum absolute atomic E-state index is 0.0335. The molecule has 1 rings (SSSR count). The number of halogens is 2. The van der Waals surface area contributed by atoms with E-state index >= 15 is 0 Å². The Bertz CT molecular complexity index is 428. The highest BCUT2D eigenvalue weighted by Gasteiger charge is 2.20. The molecule has 0 aliphatic rings. The summed E-state index contributed by atoms with van der Waals surface area (Å²) >= 11 is 5.50. The van der Waals surface area contributed by atoms with Gasteiger partial charge < -0.3 is 10.0 Å². The van der Waals surface area contributed by atoms with E-state index in [9.17, 15) is 14.5 Å². The molecule has 0 amide bonds. The molecule has 0 fully saturated rings. The second-order valence-electron chi connectivity index (χ2n) is 3.51. The number of anilines is 1. The Morgan fingerprint density at radius 3 is 2.76 bits per heavy atom. The average Bonchev–Trinajstić information content (AvgIpc) is 2.28. The SMILES string of the molecule is CN(CCCO)c1cc(F)c(Cl)cc1[N+](=O)[O-]. The minimum Gasteiger partial charge on any atom is -0.396 e. The van der Waals surface area contributed by atoms with Gasteiger partial charge in [-0.1, -0.05) is 11.6 Å². The van der Waals surface area contributed by atoms with Gasteiger partial charge in [0.05, 0.1) is 9.95 Å². The lowest BCUT2D eigenvalue weighted by Gasteiger charge is -2.18.